The van der Waals surface area contributed by atoms with Gasteiger partial charge in [-0.05, 0) is 22.0 Å². The number of halogens is 1. The smallest absolute Gasteiger partial charge is 0.287 e. The molecule has 0 saturated carbocycles. The van der Waals surface area contributed by atoms with Crippen molar-refractivity contribution >= 4 is 21.8 Å². The summed E-state index contributed by atoms with van der Waals surface area (Å²) >= 11 is 3.15. The molecule has 0 aromatic carbocycles. The Kier molecular flexibility index (Phi) is 2.11. The summed E-state index contributed by atoms with van der Waals surface area (Å²) in [6, 6.07) is 1.67. The van der Waals surface area contributed by atoms with Crippen LogP contribution in [0.4, 0.5) is 0 Å². The van der Waals surface area contributed by atoms with Crippen molar-refractivity contribution in [3.8, 4) is 0 Å². The van der Waals surface area contributed by atoms with Gasteiger partial charge in [-0.2, -0.15) is 0 Å². The second kappa shape index (κ2) is 2.88. The van der Waals surface area contributed by atoms with Gasteiger partial charge in [0.1, 0.15) is 0 Å². The minimum absolute atomic E-state index is 0.225. The zero-order valence-electron chi connectivity index (χ0n) is 5.35. The fraction of sp³-hybridized carbons (Fsp3) is 0.167. The van der Waals surface area contributed by atoms with Crippen molar-refractivity contribution in [1.82, 2.24) is 5.32 Å². The maximum absolute atomic E-state index is 10.9. The monoisotopic (exact) mass is 203 g/mol. The van der Waals surface area contributed by atoms with Gasteiger partial charge >= 0.3 is 0 Å². The summed E-state index contributed by atoms with van der Waals surface area (Å²) < 4.78 is 5.53. The molecule has 0 atom stereocenters. The van der Waals surface area contributed by atoms with Crippen molar-refractivity contribution in [1.29, 1.82) is 0 Å². The molecule has 1 N–H and O–H groups in total. The van der Waals surface area contributed by atoms with Crippen molar-refractivity contribution in [3.05, 3.63) is 22.6 Å². The maximum atomic E-state index is 10.9. The van der Waals surface area contributed by atoms with E-state index in [0.717, 1.165) is 0 Å². The number of hydrogen-bond donors (Lipinski definition) is 1. The van der Waals surface area contributed by atoms with E-state index in [1.165, 1.54) is 6.26 Å². The normalized spacial score (nSPS) is 9.40. The quantitative estimate of drug-likeness (QED) is 0.751. The van der Waals surface area contributed by atoms with Crippen LogP contribution in [0, 0.1) is 0 Å². The van der Waals surface area contributed by atoms with Crippen LogP contribution in [0.1, 0.15) is 10.6 Å². The zero-order valence-corrected chi connectivity index (χ0v) is 6.94. The summed E-state index contributed by atoms with van der Waals surface area (Å²) in [6.07, 6.45) is 1.45. The minimum Gasteiger partial charge on any atom is -0.458 e. The van der Waals surface area contributed by atoms with Crippen molar-refractivity contribution in [2.24, 2.45) is 0 Å². The van der Waals surface area contributed by atoms with Crippen molar-refractivity contribution in [2.75, 3.05) is 7.05 Å². The largest absolute Gasteiger partial charge is 0.458 e. The maximum Gasteiger partial charge on any atom is 0.287 e. The topological polar surface area (TPSA) is 42.2 Å². The molecule has 1 heterocycles. The lowest BCUT2D eigenvalue weighted by atomic mass is 10.4. The van der Waals surface area contributed by atoms with Crippen LogP contribution in [0.2, 0.25) is 0 Å². The van der Waals surface area contributed by atoms with Crippen LogP contribution in [0.25, 0.3) is 0 Å². The Morgan fingerprint density at radius 1 is 1.80 bits per heavy atom. The molecule has 4 heteroatoms. The van der Waals surface area contributed by atoms with Gasteiger partial charge in [0.2, 0.25) is 5.76 Å². The minimum atomic E-state index is -0.225. The van der Waals surface area contributed by atoms with Crippen molar-refractivity contribution in [3.63, 3.8) is 0 Å². The second-order valence-corrected chi connectivity index (χ2v) is 2.53. The molecule has 1 rings (SSSR count). The van der Waals surface area contributed by atoms with Crippen LogP contribution in [-0.2, 0) is 0 Å². The highest BCUT2D eigenvalue weighted by Gasteiger charge is 2.10. The van der Waals surface area contributed by atoms with E-state index in [4.69, 9.17) is 4.42 Å². The predicted molar refractivity (Wildman–Crippen MR) is 39.8 cm³/mol. The highest BCUT2D eigenvalue weighted by atomic mass is 79.9. The third kappa shape index (κ3) is 1.21. The lowest BCUT2D eigenvalue weighted by Crippen LogP contribution is -2.17. The molecule has 0 aliphatic carbocycles. The van der Waals surface area contributed by atoms with Gasteiger partial charge in [-0.25, -0.2) is 0 Å². The van der Waals surface area contributed by atoms with Gasteiger partial charge in [0.15, 0.2) is 0 Å². The number of nitrogens with one attached hydrogen (secondary N) is 1. The predicted octanol–water partition coefficient (Wildman–Crippen LogP) is 1.40. The van der Waals surface area contributed by atoms with Gasteiger partial charge < -0.3 is 9.73 Å². The molecule has 0 bridgehead atoms. The molecule has 0 spiro atoms. The molecule has 1 aromatic heterocycles. The van der Waals surface area contributed by atoms with Crippen LogP contribution >= 0.6 is 15.9 Å². The highest BCUT2D eigenvalue weighted by Crippen LogP contribution is 2.16. The number of rotatable bonds is 1. The van der Waals surface area contributed by atoms with E-state index >= 15 is 0 Å². The third-order valence-corrected chi connectivity index (χ3v) is 1.67. The molecule has 54 valence electrons. The molecule has 0 radical (unpaired) electrons. The lowest BCUT2D eigenvalue weighted by Gasteiger charge is -1.92. The van der Waals surface area contributed by atoms with E-state index in [1.807, 2.05) is 0 Å². The fourth-order valence-corrected chi connectivity index (χ4v) is 0.951. The first-order valence-electron chi connectivity index (χ1n) is 2.70. The lowest BCUT2D eigenvalue weighted by molar-refractivity contribution is 0.0934. The molecule has 1 amide bonds. The average Bonchev–Trinajstić information content (AvgIpc) is 2.34. The third-order valence-electron chi connectivity index (χ3n) is 1.05. The Morgan fingerprint density at radius 3 is 2.90 bits per heavy atom. The average molecular weight is 204 g/mol. The Bertz CT molecular complexity index is 244. The fourth-order valence-electron chi connectivity index (χ4n) is 0.569. The van der Waals surface area contributed by atoms with Crippen molar-refractivity contribution < 1.29 is 9.21 Å². The SMILES string of the molecule is CNC(=O)c1occc1Br. The number of amides is 1. The van der Waals surface area contributed by atoms with Crippen LogP contribution in [0.3, 0.4) is 0 Å². The van der Waals surface area contributed by atoms with E-state index in [2.05, 4.69) is 21.2 Å². The summed E-state index contributed by atoms with van der Waals surface area (Å²) in [5.74, 6) is 0.0828. The Morgan fingerprint density at radius 2 is 2.50 bits per heavy atom. The first-order valence-corrected chi connectivity index (χ1v) is 3.50. The van der Waals surface area contributed by atoms with Gasteiger partial charge in [-0.3, -0.25) is 4.79 Å². The molecule has 0 aliphatic heterocycles. The van der Waals surface area contributed by atoms with Gasteiger partial charge in [0.05, 0.1) is 10.7 Å². The summed E-state index contributed by atoms with van der Waals surface area (Å²) in [4.78, 5) is 10.9. The second-order valence-electron chi connectivity index (χ2n) is 1.68. The van der Waals surface area contributed by atoms with E-state index < -0.39 is 0 Å². The molecular weight excluding hydrogens is 198 g/mol. The molecule has 0 aliphatic rings. The van der Waals surface area contributed by atoms with Gasteiger partial charge in [-0.15, -0.1) is 0 Å². The van der Waals surface area contributed by atoms with Crippen LogP contribution in [0.15, 0.2) is 21.2 Å². The van der Waals surface area contributed by atoms with Crippen LogP contribution in [0.5, 0.6) is 0 Å². The summed E-state index contributed by atoms with van der Waals surface area (Å²) in [7, 11) is 1.55. The van der Waals surface area contributed by atoms with E-state index in [9.17, 15) is 4.79 Å². The number of carbonyl (C=O) groups excluding carboxylic acids is 1. The summed E-state index contributed by atoms with van der Waals surface area (Å²) in [6.45, 7) is 0. The Balaban J connectivity index is 2.93. The molecule has 0 saturated heterocycles. The first kappa shape index (κ1) is 7.34. The molecule has 0 fully saturated rings. The molecule has 1 aromatic rings. The molecular formula is C6H6BrNO2. The number of carbonyl (C=O) groups is 1. The van der Waals surface area contributed by atoms with E-state index in [-0.39, 0.29) is 5.91 Å². The van der Waals surface area contributed by atoms with Crippen LogP contribution in [-0.4, -0.2) is 13.0 Å². The first-order chi connectivity index (χ1) is 4.75. The molecule has 3 nitrogen and oxygen atoms in total. The number of furan rings is 1. The molecule has 0 unspecified atom stereocenters. The van der Waals surface area contributed by atoms with E-state index in [1.54, 1.807) is 13.1 Å². The van der Waals surface area contributed by atoms with Gasteiger partial charge in [-0.1, -0.05) is 0 Å². The van der Waals surface area contributed by atoms with Gasteiger partial charge in [0, 0.05) is 7.05 Å². The van der Waals surface area contributed by atoms with Crippen molar-refractivity contribution in [2.45, 2.75) is 0 Å². The Hall–Kier alpha value is -0.770. The van der Waals surface area contributed by atoms with E-state index in [0.29, 0.717) is 10.2 Å². The molecule has 10 heavy (non-hydrogen) atoms. The summed E-state index contributed by atoms with van der Waals surface area (Å²) in [5.41, 5.74) is 0. The van der Waals surface area contributed by atoms with Crippen LogP contribution < -0.4 is 5.32 Å². The highest BCUT2D eigenvalue weighted by molar-refractivity contribution is 9.10. The van der Waals surface area contributed by atoms with Gasteiger partial charge in [0.25, 0.3) is 5.91 Å². The Labute approximate surface area is 66.5 Å². The zero-order chi connectivity index (χ0) is 7.56. The standard InChI is InChI=1S/C6H6BrNO2/c1-8-6(9)5-4(7)2-3-10-5/h2-3H,1H3,(H,8,9). The summed E-state index contributed by atoms with van der Waals surface area (Å²) in [5, 5.41) is 2.45. The number of hydrogen-bond acceptors (Lipinski definition) is 2.